The van der Waals surface area contributed by atoms with Crippen LogP contribution in [0.4, 0.5) is 13.2 Å². The molecule has 1 fully saturated rings. The van der Waals surface area contributed by atoms with Crippen LogP contribution in [-0.2, 0) is 10.2 Å². The number of carbonyl (C=O) groups is 2. The molecule has 2 N–H and O–H groups in total. The van der Waals surface area contributed by atoms with Crippen LogP contribution in [0.5, 0.6) is 0 Å². The molecule has 1 aliphatic rings. The van der Waals surface area contributed by atoms with Gasteiger partial charge in [0.05, 0.1) is 0 Å². The van der Waals surface area contributed by atoms with Crippen LogP contribution in [0.3, 0.4) is 0 Å². The average molecular weight is 278 g/mol. The summed E-state index contributed by atoms with van der Waals surface area (Å²) in [5.74, 6) is -3.33. The molecule has 0 aromatic carbocycles. The summed E-state index contributed by atoms with van der Waals surface area (Å²) < 4.78 is 40.7. The number of aromatic carboxylic acids is 1. The highest BCUT2D eigenvalue weighted by Gasteiger charge is 2.50. The topological polar surface area (TPSA) is 92.4 Å². The van der Waals surface area contributed by atoms with Crippen LogP contribution in [-0.4, -0.2) is 34.9 Å². The molecule has 1 aliphatic carbocycles. The number of nitrogens with one attached hydrogen (secondary N) is 1. The number of carboxylic acids is 1. The molecule has 0 atom stereocenters. The summed E-state index contributed by atoms with van der Waals surface area (Å²) in [6.45, 7) is -0.321. The maximum absolute atomic E-state index is 12.1. The quantitative estimate of drug-likeness (QED) is 0.859. The molecule has 1 aromatic heterocycles. The molecule has 19 heavy (non-hydrogen) atoms. The van der Waals surface area contributed by atoms with Crippen LogP contribution >= 0.6 is 0 Å². The fourth-order valence-corrected chi connectivity index (χ4v) is 1.77. The zero-order valence-corrected chi connectivity index (χ0v) is 9.45. The summed E-state index contributed by atoms with van der Waals surface area (Å²) in [6, 6.07) is 0. The SMILES string of the molecule is O=C(O)c1conc1C1(CNC(=O)C(F)(F)F)CC1. The Morgan fingerprint density at radius 1 is 1.47 bits per heavy atom. The number of aromatic nitrogens is 1. The number of nitrogens with zero attached hydrogens (tertiary/aromatic N) is 1. The number of halogens is 3. The minimum Gasteiger partial charge on any atom is -0.478 e. The minimum absolute atomic E-state index is 0.0717. The highest BCUT2D eigenvalue weighted by molar-refractivity contribution is 5.89. The van der Waals surface area contributed by atoms with Crippen molar-refractivity contribution in [1.82, 2.24) is 10.5 Å². The summed E-state index contributed by atoms with van der Waals surface area (Å²) >= 11 is 0. The number of rotatable bonds is 4. The van der Waals surface area contributed by atoms with Crippen molar-refractivity contribution >= 4 is 11.9 Å². The van der Waals surface area contributed by atoms with Gasteiger partial charge in [-0.3, -0.25) is 4.79 Å². The van der Waals surface area contributed by atoms with Gasteiger partial charge in [-0.25, -0.2) is 4.79 Å². The molecule has 104 valence electrons. The Bertz CT molecular complexity index is 519. The number of alkyl halides is 3. The molecular formula is C10H9F3N2O4. The van der Waals surface area contributed by atoms with Gasteiger partial charge < -0.3 is 14.9 Å². The Kier molecular flexibility index (Phi) is 2.99. The van der Waals surface area contributed by atoms with Gasteiger partial charge in [-0.05, 0) is 12.8 Å². The van der Waals surface area contributed by atoms with Crippen LogP contribution in [0.2, 0.25) is 0 Å². The van der Waals surface area contributed by atoms with Crippen molar-refractivity contribution in [1.29, 1.82) is 0 Å². The van der Waals surface area contributed by atoms with Gasteiger partial charge in [0.1, 0.15) is 17.5 Å². The molecule has 1 amide bonds. The second-order valence-corrected chi connectivity index (χ2v) is 4.34. The summed E-state index contributed by atoms with van der Waals surface area (Å²) in [7, 11) is 0. The van der Waals surface area contributed by atoms with E-state index in [1.165, 1.54) is 0 Å². The van der Waals surface area contributed by atoms with Gasteiger partial charge in [0.15, 0.2) is 0 Å². The lowest BCUT2D eigenvalue weighted by molar-refractivity contribution is -0.173. The number of hydrogen-bond donors (Lipinski definition) is 2. The third-order valence-corrected chi connectivity index (χ3v) is 3.00. The van der Waals surface area contributed by atoms with Crippen molar-refractivity contribution < 1.29 is 32.4 Å². The Labute approximate surface area is 104 Å². The highest BCUT2D eigenvalue weighted by Crippen LogP contribution is 2.48. The molecule has 0 unspecified atom stereocenters. The fourth-order valence-electron chi connectivity index (χ4n) is 1.77. The third kappa shape index (κ3) is 2.54. The Morgan fingerprint density at radius 3 is 2.58 bits per heavy atom. The van der Waals surface area contributed by atoms with Crippen LogP contribution in [0, 0.1) is 0 Å². The number of carbonyl (C=O) groups excluding carboxylic acids is 1. The van der Waals surface area contributed by atoms with Crippen molar-refractivity contribution in [2.24, 2.45) is 0 Å². The first-order valence-electron chi connectivity index (χ1n) is 5.29. The molecule has 2 rings (SSSR count). The van der Waals surface area contributed by atoms with Gasteiger partial charge >= 0.3 is 18.1 Å². The zero-order valence-electron chi connectivity index (χ0n) is 9.45. The normalized spacial score (nSPS) is 17.0. The average Bonchev–Trinajstić information content (AvgIpc) is 2.91. The van der Waals surface area contributed by atoms with Crippen molar-refractivity contribution in [3.05, 3.63) is 17.5 Å². The molecule has 0 aliphatic heterocycles. The summed E-state index contributed by atoms with van der Waals surface area (Å²) in [6.07, 6.45) is -3.16. The Morgan fingerprint density at radius 2 is 2.11 bits per heavy atom. The van der Waals surface area contributed by atoms with Crippen molar-refractivity contribution in [3.8, 4) is 0 Å². The van der Waals surface area contributed by atoms with Gasteiger partial charge in [0.25, 0.3) is 0 Å². The molecule has 6 nitrogen and oxygen atoms in total. The largest absolute Gasteiger partial charge is 0.478 e. The van der Waals surface area contributed by atoms with E-state index in [2.05, 4.69) is 9.68 Å². The monoisotopic (exact) mass is 278 g/mol. The zero-order chi connectivity index (χ0) is 14.3. The first-order chi connectivity index (χ1) is 8.76. The lowest BCUT2D eigenvalue weighted by atomic mass is 9.99. The first kappa shape index (κ1) is 13.4. The number of carboxylic acid groups (broad SMARTS) is 1. The van der Waals surface area contributed by atoms with E-state index in [1.807, 2.05) is 0 Å². The summed E-state index contributed by atoms with van der Waals surface area (Å²) in [4.78, 5) is 21.6. The molecular weight excluding hydrogens is 269 g/mol. The van der Waals surface area contributed by atoms with E-state index in [4.69, 9.17) is 5.11 Å². The second-order valence-electron chi connectivity index (χ2n) is 4.34. The van der Waals surface area contributed by atoms with Crippen molar-refractivity contribution in [2.75, 3.05) is 6.54 Å². The van der Waals surface area contributed by atoms with Gasteiger partial charge in [0.2, 0.25) is 0 Å². The van der Waals surface area contributed by atoms with Gasteiger partial charge in [-0.1, -0.05) is 5.16 Å². The van der Waals surface area contributed by atoms with E-state index >= 15 is 0 Å². The first-order valence-corrected chi connectivity index (χ1v) is 5.29. The minimum atomic E-state index is -4.96. The van der Waals surface area contributed by atoms with Gasteiger partial charge in [-0.15, -0.1) is 0 Å². The molecule has 0 radical (unpaired) electrons. The van der Waals surface area contributed by atoms with Crippen molar-refractivity contribution in [2.45, 2.75) is 24.4 Å². The predicted molar refractivity (Wildman–Crippen MR) is 53.4 cm³/mol. The molecule has 0 bridgehead atoms. The van der Waals surface area contributed by atoms with E-state index in [9.17, 15) is 22.8 Å². The van der Waals surface area contributed by atoms with Crippen LogP contribution in [0.1, 0.15) is 28.9 Å². The van der Waals surface area contributed by atoms with E-state index in [1.54, 1.807) is 5.32 Å². The molecule has 0 spiro atoms. The predicted octanol–water partition coefficient (Wildman–Crippen LogP) is 1.08. The van der Waals surface area contributed by atoms with Crippen LogP contribution < -0.4 is 5.32 Å². The molecule has 9 heteroatoms. The summed E-state index contributed by atoms with van der Waals surface area (Å²) in [5, 5.41) is 14.1. The second kappa shape index (κ2) is 4.25. The van der Waals surface area contributed by atoms with Crippen molar-refractivity contribution in [3.63, 3.8) is 0 Å². The van der Waals surface area contributed by atoms with Gasteiger partial charge in [0, 0.05) is 12.0 Å². The smallest absolute Gasteiger partial charge is 0.471 e. The molecule has 1 aromatic rings. The lowest BCUT2D eigenvalue weighted by Gasteiger charge is -2.14. The highest BCUT2D eigenvalue weighted by atomic mass is 19.4. The van der Waals surface area contributed by atoms with E-state index in [0.29, 0.717) is 12.8 Å². The molecule has 0 saturated heterocycles. The van der Waals surface area contributed by atoms with E-state index < -0.39 is 23.5 Å². The molecule has 1 heterocycles. The fraction of sp³-hybridized carbons (Fsp3) is 0.500. The lowest BCUT2D eigenvalue weighted by Crippen LogP contribution is -2.41. The standard InChI is InChI=1S/C10H9F3N2O4/c11-10(12,13)8(18)14-4-9(1-2-9)6-5(7(16)17)3-19-15-6/h3H,1-2,4H2,(H,14,18)(H,16,17). The van der Waals surface area contributed by atoms with Gasteiger partial charge in [-0.2, -0.15) is 13.2 Å². The van der Waals surface area contributed by atoms with Crippen LogP contribution in [0.25, 0.3) is 0 Å². The number of amides is 1. The Hall–Kier alpha value is -2.06. The maximum Gasteiger partial charge on any atom is 0.471 e. The van der Waals surface area contributed by atoms with E-state index in [-0.39, 0.29) is 17.8 Å². The maximum atomic E-state index is 12.1. The van der Waals surface area contributed by atoms with E-state index in [0.717, 1.165) is 6.26 Å². The Balaban J connectivity index is 2.10. The number of hydrogen-bond acceptors (Lipinski definition) is 4. The summed E-state index contributed by atoms with van der Waals surface area (Å²) in [5.41, 5.74) is -0.997. The molecule has 1 saturated carbocycles. The van der Waals surface area contributed by atoms with Crippen LogP contribution in [0.15, 0.2) is 10.8 Å². The third-order valence-electron chi connectivity index (χ3n) is 3.00.